The molecule has 2 rings (SSSR count). The summed E-state index contributed by atoms with van der Waals surface area (Å²) in [6.45, 7) is -0.0839. The summed E-state index contributed by atoms with van der Waals surface area (Å²) in [6.07, 6.45) is 0. The summed E-state index contributed by atoms with van der Waals surface area (Å²) in [5.41, 5.74) is 0.368. The maximum absolute atomic E-state index is 11.9. The zero-order chi connectivity index (χ0) is 16.1. The first-order valence-electron chi connectivity index (χ1n) is 6.23. The van der Waals surface area contributed by atoms with E-state index in [1.807, 2.05) is 0 Å². The minimum absolute atomic E-state index is 0.0562. The first kappa shape index (κ1) is 16.1. The van der Waals surface area contributed by atoms with E-state index in [0.717, 1.165) is 0 Å². The number of carbonyl (C=O) groups excluding carboxylic acids is 2. The van der Waals surface area contributed by atoms with Crippen LogP contribution in [0.4, 0.5) is 0 Å². The molecule has 2 aromatic rings. The maximum atomic E-state index is 11.9. The van der Waals surface area contributed by atoms with Crippen molar-refractivity contribution in [1.29, 1.82) is 0 Å². The molecule has 7 heteroatoms. The summed E-state index contributed by atoms with van der Waals surface area (Å²) < 4.78 is 20.6. The third-order valence-electron chi connectivity index (χ3n) is 2.78. The normalized spacial score (nSPS) is 10.1. The lowest BCUT2D eigenvalue weighted by Gasteiger charge is -2.06. The van der Waals surface area contributed by atoms with E-state index >= 15 is 0 Å². The number of hydrogen-bond donors (Lipinski definition) is 0. The second-order valence-electron chi connectivity index (χ2n) is 4.18. The van der Waals surface area contributed by atoms with Crippen molar-refractivity contribution >= 4 is 27.9 Å². The van der Waals surface area contributed by atoms with E-state index in [1.54, 1.807) is 24.3 Å². The molecule has 0 radical (unpaired) electrons. The summed E-state index contributed by atoms with van der Waals surface area (Å²) in [4.78, 5) is 23.2. The molecule has 0 spiro atoms. The molecule has 1 aromatic carbocycles. The van der Waals surface area contributed by atoms with Crippen LogP contribution in [0.1, 0.15) is 26.7 Å². The SMILES string of the molecule is COC(=O)c1ccc(COC(=O)c2ccc(OC)c(Br)c2)o1. The van der Waals surface area contributed by atoms with E-state index in [-0.39, 0.29) is 12.4 Å². The number of hydrogen-bond acceptors (Lipinski definition) is 6. The molecule has 0 saturated carbocycles. The van der Waals surface area contributed by atoms with Crippen molar-refractivity contribution in [1.82, 2.24) is 0 Å². The molecule has 116 valence electrons. The van der Waals surface area contributed by atoms with Gasteiger partial charge < -0.3 is 18.6 Å². The maximum Gasteiger partial charge on any atom is 0.373 e. The molecule has 0 aliphatic carbocycles. The zero-order valence-corrected chi connectivity index (χ0v) is 13.5. The molecule has 0 N–H and O–H groups in total. The van der Waals surface area contributed by atoms with Gasteiger partial charge in [0.2, 0.25) is 5.76 Å². The lowest BCUT2D eigenvalue weighted by molar-refractivity contribution is 0.0438. The highest BCUT2D eigenvalue weighted by molar-refractivity contribution is 9.10. The Balaban J connectivity index is 1.99. The first-order chi connectivity index (χ1) is 10.5. The van der Waals surface area contributed by atoms with E-state index in [2.05, 4.69) is 20.7 Å². The fourth-order valence-corrected chi connectivity index (χ4v) is 2.22. The number of benzene rings is 1. The van der Waals surface area contributed by atoms with Crippen molar-refractivity contribution < 1.29 is 28.2 Å². The summed E-state index contributed by atoms with van der Waals surface area (Å²) in [6, 6.07) is 7.85. The van der Waals surface area contributed by atoms with Crippen LogP contribution in [0.25, 0.3) is 0 Å². The zero-order valence-electron chi connectivity index (χ0n) is 11.9. The topological polar surface area (TPSA) is 75.0 Å². The van der Waals surface area contributed by atoms with Crippen LogP contribution in [0.15, 0.2) is 39.2 Å². The highest BCUT2D eigenvalue weighted by atomic mass is 79.9. The van der Waals surface area contributed by atoms with Crippen molar-refractivity contribution in [3.63, 3.8) is 0 Å². The molecule has 0 amide bonds. The van der Waals surface area contributed by atoms with Gasteiger partial charge in [0.05, 0.1) is 24.3 Å². The fraction of sp³-hybridized carbons (Fsp3) is 0.200. The predicted molar refractivity (Wildman–Crippen MR) is 79.9 cm³/mol. The molecule has 0 saturated heterocycles. The molecule has 1 aromatic heterocycles. The van der Waals surface area contributed by atoms with Crippen LogP contribution in [0, 0.1) is 0 Å². The van der Waals surface area contributed by atoms with Gasteiger partial charge in [-0.3, -0.25) is 0 Å². The molecule has 1 heterocycles. The largest absolute Gasteiger partial charge is 0.496 e. The lowest BCUT2D eigenvalue weighted by Crippen LogP contribution is -2.05. The minimum atomic E-state index is -0.586. The summed E-state index contributed by atoms with van der Waals surface area (Å²) in [5, 5.41) is 0. The molecule has 0 aliphatic rings. The van der Waals surface area contributed by atoms with Gasteiger partial charge in [0.25, 0.3) is 0 Å². The van der Waals surface area contributed by atoms with Crippen LogP contribution in [-0.4, -0.2) is 26.2 Å². The highest BCUT2D eigenvalue weighted by Gasteiger charge is 2.14. The van der Waals surface area contributed by atoms with Crippen molar-refractivity contribution in [2.24, 2.45) is 0 Å². The van der Waals surface area contributed by atoms with E-state index in [9.17, 15) is 9.59 Å². The van der Waals surface area contributed by atoms with Gasteiger partial charge >= 0.3 is 11.9 Å². The third kappa shape index (κ3) is 3.67. The minimum Gasteiger partial charge on any atom is -0.496 e. The Bertz CT molecular complexity index is 691. The van der Waals surface area contributed by atoms with Gasteiger partial charge in [0.15, 0.2) is 0 Å². The van der Waals surface area contributed by atoms with Crippen LogP contribution in [0.5, 0.6) is 5.75 Å². The summed E-state index contributed by atoms with van der Waals surface area (Å²) in [5.74, 6) is -0.0802. The van der Waals surface area contributed by atoms with Crippen LogP contribution in [0.2, 0.25) is 0 Å². The van der Waals surface area contributed by atoms with Gasteiger partial charge in [-0.2, -0.15) is 0 Å². The number of halogens is 1. The smallest absolute Gasteiger partial charge is 0.373 e. The third-order valence-corrected chi connectivity index (χ3v) is 3.40. The van der Waals surface area contributed by atoms with Crippen molar-refractivity contribution in [2.75, 3.05) is 14.2 Å². The first-order valence-corrected chi connectivity index (χ1v) is 7.02. The molecule has 6 nitrogen and oxygen atoms in total. The number of carbonyl (C=O) groups is 2. The Kier molecular flexibility index (Phi) is 5.21. The summed E-state index contributed by atoms with van der Waals surface area (Å²) in [7, 11) is 2.79. The number of furan rings is 1. The van der Waals surface area contributed by atoms with E-state index < -0.39 is 11.9 Å². The highest BCUT2D eigenvalue weighted by Crippen LogP contribution is 2.26. The molecule has 0 aliphatic heterocycles. The lowest BCUT2D eigenvalue weighted by atomic mass is 10.2. The van der Waals surface area contributed by atoms with Crippen molar-refractivity contribution in [2.45, 2.75) is 6.61 Å². The van der Waals surface area contributed by atoms with E-state index in [1.165, 1.54) is 20.3 Å². The number of rotatable bonds is 5. The van der Waals surface area contributed by atoms with Gasteiger partial charge in [-0.25, -0.2) is 9.59 Å². The second kappa shape index (κ2) is 7.13. The molecule has 0 atom stereocenters. The molecule has 22 heavy (non-hydrogen) atoms. The Morgan fingerprint density at radius 1 is 1.14 bits per heavy atom. The van der Waals surface area contributed by atoms with Crippen molar-refractivity contribution in [3.8, 4) is 5.75 Å². The van der Waals surface area contributed by atoms with Gasteiger partial charge in [-0.15, -0.1) is 0 Å². The van der Waals surface area contributed by atoms with Crippen molar-refractivity contribution in [3.05, 3.63) is 51.9 Å². The standard InChI is InChI=1S/C15H13BrO6/c1-19-12-5-3-9(7-11(12)16)14(17)21-8-10-4-6-13(22-10)15(18)20-2/h3-7H,8H2,1-2H3. The van der Waals surface area contributed by atoms with Crippen LogP contribution in [0.3, 0.4) is 0 Å². The number of ether oxygens (including phenoxy) is 3. The van der Waals surface area contributed by atoms with Gasteiger partial charge in [-0.05, 0) is 46.3 Å². The van der Waals surface area contributed by atoms with Crippen LogP contribution < -0.4 is 4.74 Å². The molecule has 0 fully saturated rings. The summed E-state index contributed by atoms with van der Waals surface area (Å²) >= 11 is 3.30. The molecular weight excluding hydrogens is 356 g/mol. The van der Waals surface area contributed by atoms with Gasteiger partial charge in [0, 0.05) is 0 Å². The van der Waals surface area contributed by atoms with E-state index in [4.69, 9.17) is 13.9 Å². The van der Waals surface area contributed by atoms with Gasteiger partial charge in [-0.1, -0.05) is 0 Å². The Morgan fingerprint density at radius 3 is 2.55 bits per heavy atom. The Morgan fingerprint density at radius 2 is 1.91 bits per heavy atom. The van der Waals surface area contributed by atoms with E-state index in [0.29, 0.717) is 21.5 Å². The number of esters is 2. The Hall–Kier alpha value is -2.28. The average molecular weight is 369 g/mol. The average Bonchev–Trinajstić information content (AvgIpc) is 3.00. The van der Waals surface area contributed by atoms with Crippen LogP contribution >= 0.6 is 15.9 Å². The molecular formula is C15H13BrO6. The molecule has 0 bridgehead atoms. The van der Waals surface area contributed by atoms with Crippen LogP contribution in [-0.2, 0) is 16.1 Å². The fourth-order valence-electron chi connectivity index (χ4n) is 1.68. The monoisotopic (exact) mass is 368 g/mol. The quantitative estimate of drug-likeness (QED) is 0.754. The predicted octanol–water partition coefficient (Wildman–Crippen LogP) is 3.19. The number of methoxy groups -OCH3 is 2. The Labute approximate surface area is 135 Å². The molecule has 0 unspecified atom stereocenters. The van der Waals surface area contributed by atoms with Gasteiger partial charge in [0.1, 0.15) is 18.1 Å². The second-order valence-corrected chi connectivity index (χ2v) is 5.04.